The lowest BCUT2D eigenvalue weighted by Crippen LogP contribution is -2.15. The second-order valence-electron chi connectivity index (χ2n) is 5.38. The minimum absolute atomic E-state index is 0.0631. The van der Waals surface area contributed by atoms with Gasteiger partial charge in [0.1, 0.15) is 11.6 Å². The standard InChI is InChI=1S/C17H13F2NO4S/c1-24-17(21)13-8-15(19)16(9-14(13)18)20-25(22,23)12-6-5-10-3-2-4-11(10)7-12/h2-3,5-9,20H,4H2,1H3. The zero-order chi connectivity index (χ0) is 18.2. The minimum Gasteiger partial charge on any atom is -0.465 e. The van der Waals surface area contributed by atoms with E-state index in [0.29, 0.717) is 18.6 Å². The number of allylic oxidation sites excluding steroid dienone is 1. The molecule has 2 aromatic carbocycles. The van der Waals surface area contributed by atoms with Crippen LogP contribution in [0, 0.1) is 11.6 Å². The Kier molecular flexibility index (Phi) is 4.30. The number of rotatable bonds is 4. The highest BCUT2D eigenvalue weighted by Crippen LogP contribution is 2.26. The van der Waals surface area contributed by atoms with Crippen LogP contribution >= 0.6 is 0 Å². The van der Waals surface area contributed by atoms with Gasteiger partial charge in [-0.25, -0.2) is 22.0 Å². The van der Waals surface area contributed by atoms with E-state index >= 15 is 0 Å². The fourth-order valence-corrected chi connectivity index (χ4v) is 3.61. The summed E-state index contributed by atoms with van der Waals surface area (Å²) in [7, 11) is -3.09. The fraction of sp³-hybridized carbons (Fsp3) is 0.118. The molecule has 0 amide bonds. The van der Waals surface area contributed by atoms with Crippen molar-refractivity contribution in [3.05, 3.63) is 64.7 Å². The van der Waals surface area contributed by atoms with Crippen LogP contribution in [0.5, 0.6) is 0 Å². The smallest absolute Gasteiger partial charge is 0.340 e. The quantitative estimate of drug-likeness (QED) is 0.845. The second kappa shape index (κ2) is 6.29. The van der Waals surface area contributed by atoms with Gasteiger partial charge in [-0.1, -0.05) is 18.2 Å². The zero-order valence-electron chi connectivity index (χ0n) is 13.0. The van der Waals surface area contributed by atoms with Crippen LogP contribution in [0.2, 0.25) is 0 Å². The summed E-state index contributed by atoms with van der Waals surface area (Å²) in [5.74, 6) is -3.24. The van der Waals surface area contributed by atoms with Gasteiger partial charge in [0.2, 0.25) is 0 Å². The predicted octanol–water partition coefficient (Wildman–Crippen LogP) is 3.12. The Hall–Kier alpha value is -2.74. The number of hydrogen-bond donors (Lipinski definition) is 1. The first-order valence-corrected chi connectivity index (χ1v) is 8.70. The van der Waals surface area contributed by atoms with Gasteiger partial charge in [0.05, 0.1) is 23.3 Å². The number of sulfonamides is 1. The van der Waals surface area contributed by atoms with Crippen LogP contribution in [0.3, 0.4) is 0 Å². The molecule has 0 unspecified atom stereocenters. The summed E-state index contributed by atoms with van der Waals surface area (Å²) in [6, 6.07) is 5.70. The molecule has 3 rings (SSSR count). The van der Waals surface area contributed by atoms with E-state index < -0.39 is 38.9 Å². The summed E-state index contributed by atoms with van der Waals surface area (Å²) in [6.07, 6.45) is 4.38. The number of methoxy groups -OCH3 is 1. The Bertz CT molecular complexity index is 1000. The van der Waals surface area contributed by atoms with Gasteiger partial charge in [-0.2, -0.15) is 0 Å². The molecule has 5 nitrogen and oxygen atoms in total. The molecule has 25 heavy (non-hydrogen) atoms. The van der Waals surface area contributed by atoms with Crippen molar-refractivity contribution in [3.8, 4) is 0 Å². The molecule has 1 N–H and O–H groups in total. The molecular weight excluding hydrogens is 352 g/mol. The minimum atomic E-state index is -4.11. The van der Waals surface area contributed by atoms with Crippen LogP contribution in [0.25, 0.3) is 6.08 Å². The van der Waals surface area contributed by atoms with Gasteiger partial charge in [-0.05, 0) is 35.7 Å². The highest BCUT2D eigenvalue weighted by atomic mass is 32.2. The molecule has 0 aliphatic heterocycles. The summed E-state index contributed by atoms with van der Waals surface area (Å²) < 4.78 is 59.2. The molecule has 0 heterocycles. The number of carbonyl (C=O) groups excluding carboxylic acids is 1. The van der Waals surface area contributed by atoms with Crippen molar-refractivity contribution < 1.29 is 26.7 Å². The number of benzene rings is 2. The largest absolute Gasteiger partial charge is 0.465 e. The van der Waals surface area contributed by atoms with Crippen LogP contribution in [0.1, 0.15) is 21.5 Å². The van der Waals surface area contributed by atoms with E-state index in [1.54, 1.807) is 6.07 Å². The third-order valence-corrected chi connectivity index (χ3v) is 5.13. The number of nitrogens with one attached hydrogen (secondary N) is 1. The lowest BCUT2D eigenvalue weighted by molar-refractivity contribution is 0.0595. The first kappa shape index (κ1) is 17.1. The molecule has 0 radical (unpaired) electrons. The molecule has 0 spiro atoms. The van der Waals surface area contributed by atoms with Gasteiger partial charge in [-0.3, -0.25) is 4.72 Å². The number of carbonyl (C=O) groups is 1. The maximum absolute atomic E-state index is 14.1. The molecule has 1 aliphatic rings. The molecule has 8 heteroatoms. The molecule has 0 bridgehead atoms. The average Bonchev–Trinajstić information content (AvgIpc) is 3.04. The molecule has 0 atom stereocenters. The third kappa shape index (κ3) is 3.25. The van der Waals surface area contributed by atoms with Gasteiger partial charge in [-0.15, -0.1) is 0 Å². The Morgan fingerprint density at radius 2 is 1.92 bits per heavy atom. The van der Waals surface area contributed by atoms with Crippen molar-refractivity contribution in [1.29, 1.82) is 0 Å². The van der Waals surface area contributed by atoms with Crippen molar-refractivity contribution in [2.24, 2.45) is 0 Å². The average molecular weight is 365 g/mol. The Morgan fingerprint density at radius 1 is 1.16 bits per heavy atom. The number of esters is 1. The van der Waals surface area contributed by atoms with Gasteiger partial charge in [0, 0.05) is 6.07 Å². The number of ether oxygens (including phenoxy) is 1. The number of hydrogen-bond acceptors (Lipinski definition) is 4. The molecule has 0 saturated carbocycles. The molecule has 0 aromatic heterocycles. The zero-order valence-corrected chi connectivity index (χ0v) is 13.9. The van der Waals surface area contributed by atoms with Gasteiger partial charge < -0.3 is 4.74 Å². The van der Waals surface area contributed by atoms with E-state index in [0.717, 1.165) is 18.2 Å². The molecular formula is C17H13F2NO4S. The van der Waals surface area contributed by atoms with Crippen molar-refractivity contribution in [2.45, 2.75) is 11.3 Å². The number of fused-ring (bicyclic) bond motifs is 1. The number of anilines is 1. The van der Waals surface area contributed by atoms with Crippen LogP contribution in [-0.4, -0.2) is 21.5 Å². The van der Waals surface area contributed by atoms with E-state index in [2.05, 4.69) is 4.74 Å². The molecule has 2 aromatic rings. The summed E-state index contributed by atoms with van der Waals surface area (Å²) in [6.45, 7) is 0. The van der Waals surface area contributed by atoms with E-state index in [1.165, 1.54) is 12.1 Å². The number of halogens is 2. The second-order valence-corrected chi connectivity index (χ2v) is 7.06. The maximum Gasteiger partial charge on any atom is 0.340 e. The Labute approximate surface area is 143 Å². The van der Waals surface area contributed by atoms with E-state index in [1.807, 2.05) is 16.9 Å². The maximum atomic E-state index is 14.1. The van der Waals surface area contributed by atoms with Crippen molar-refractivity contribution in [3.63, 3.8) is 0 Å². The summed E-state index contributed by atoms with van der Waals surface area (Å²) in [4.78, 5) is 11.3. The van der Waals surface area contributed by atoms with Gasteiger partial charge in [0.25, 0.3) is 10.0 Å². The lowest BCUT2D eigenvalue weighted by atomic mass is 10.1. The first-order chi connectivity index (χ1) is 11.8. The van der Waals surface area contributed by atoms with Crippen LogP contribution in [0.4, 0.5) is 14.5 Å². The normalized spacial score (nSPS) is 12.8. The molecule has 130 valence electrons. The third-order valence-electron chi connectivity index (χ3n) is 3.77. The van der Waals surface area contributed by atoms with Gasteiger partial charge in [0.15, 0.2) is 0 Å². The fourth-order valence-electron chi connectivity index (χ4n) is 2.50. The molecule has 0 saturated heterocycles. The Morgan fingerprint density at radius 3 is 2.64 bits per heavy atom. The van der Waals surface area contributed by atoms with Gasteiger partial charge >= 0.3 is 5.97 Å². The van der Waals surface area contributed by atoms with Crippen LogP contribution in [-0.2, 0) is 21.2 Å². The lowest BCUT2D eigenvalue weighted by Gasteiger charge is -2.11. The molecule has 1 aliphatic carbocycles. The first-order valence-electron chi connectivity index (χ1n) is 7.21. The topological polar surface area (TPSA) is 72.5 Å². The highest BCUT2D eigenvalue weighted by molar-refractivity contribution is 7.92. The summed E-state index contributed by atoms with van der Waals surface area (Å²) in [5.41, 5.74) is 0.532. The monoisotopic (exact) mass is 365 g/mol. The summed E-state index contributed by atoms with van der Waals surface area (Å²) >= 11 is 0. The predicted molar refractivity (Wildman–Crippen MR) is 87.7 cm³/mol. The Balaban J connectivity index is 1.94. The molecule has 0 fully saturated rings. The van der Waals surface area contributed by atoms with Crippen molar-refractivity contribution >= 4 is 27.8 Å². The SMILES string of the molecule is COC(=O)c1cc(F)c(NS(=O)(=O)c2ccc3c(c2)CC=C3)cc1F. The van der Waals surface area contributed by atoms with E-state index in [4.69, 9.17) is 0 Å². The van der Waals surface area contributed by atoms with Crippen molar-refractivity contribution in [1.82, 2.24) is 0 Å². The van der Waals surface area contributed by atoms with E-state index in [9.17, 15) is 22.0 Å². The van der Waals surface area contributed by atoms with Crippen molar-refractivity contribution in [2.75, 3.05) is 11.8 Å². The highest BCUT2D eigenvalue weighted by Gasteiger charge is 2.22. The van der Waals surface area contributed by atoms with Crippen LogP contribution in [0.15, 0.2) is 41.3 Å². The summed E-state index contributed by atoms with van der Waals surface area (Å²) in [5, 5.41) is 0. The van der Waals surface area contributed by atoms with E-state index in [-0.39, 0.29) is 4.90 Å². The van der Waals surface area contributed by atoms with Crippen LogP contribution < -0.4 is 4.72 Å².